The van der Waals surface area contributed by atoms with E-state index in [4.69, 9.17) is 23.2 Å². The van der Waals surface area contributed by atoms with E-state index >= 15 is 0 Å². The molecule has 0 aliphatic heterocycles. The Morgan fingerprint density at radius 3 is 2.22 bits per heavy atom. The maximum atomic E-state index is 11.9. The SMILES string of the molecule is O=S(=O)(Nc1ccc(Cl)nc1)c1cnc(Cl)nc1. The number of anilines is 1. The van der Waals surface area contributed by atoms with Crippen LogP contribution in [0.15, 0.2) is 35.6 Å². The van der Waals surface area contributed by atoms with Gasteiger partial charge in [-0.15, -0.1) is 0 Å². The monoisotopic (exact) mass is 304 g/mol. The van der Waals surface area contributed by atoms with Crippen molar-refractivity contribution in [3.05, 3.63) is 41.2 Å². The lowest BCUT2D eigenvalue weighted by Gasteiger charge is -2.06. The molecular weight excluding hydrogens is 299 g/mol. The third kappa shape index (κ3) is 3.06. The molecule has 0 saturated heterocycles. The topological polar surface area (TPSA) is 84.8 Å². The Hall–Kier alpha value is -1.44. The van der Waals surface area contributed by atoms with Gasteiger partial charge in [-0.05, 0) is 23.7 Å². The minimum absolute atomic E-state index is 0.0258. The van der Waals surface area contributed by atoms with Crippen molar-refractivity contribution in [2.24, 2.45) is 0 Å². The van der Waals surface area contributed by atoms with Crippen molar-refractivity contribution < 1.29 is 8.42 Å². The van der Waals surface area contributed by atoms with Crippen molar-refractivity contribution >= 4 is 38.9 Å². The van der Waals surface area contributed by atoms with Crippen LogP contribution in [0.2, 0.25) is 10.4 Å². The van der Waals surface area contributed by atoms with E-state index < -0.39 is 10.0 Å². The molecule has 0 amide bonds. The number of sulfonamides is 1. The molecule has 9 heteroatoms. The molecular formula is C9H6Cl2N4O2S. The summed E-state index contributed by atoms with van der Waals surface area (Å²) in [4.78, 5) is 10.9. The Kier molecular flexibility index (Phi) is 3.65. The number of pyridine rings is 1. The summed E-state index contributed by atoms with van der Waals surface area (Å²) in [5.74, 6) is 0. The lowest BCUT2D eigenvalue weighted by Crippen LogP contribution is -2.13. The first-order valence-corrected chi connectivity index (χ1v) is 6.83. The van der Waals surface area contributed by atoms with E-state index in [-0.39, 0.29) is 21.0 Å². The molecule has 0 bridgehead atoms. The molecule has 0 unspecified atom stereocenters. The van der Waals surface area contributed by atoms with Crippen molar-refractivity contribution in [1.82, 2.24) is 15.0 Å². The van der Waals surface area contributed by atoms with Crippen molar-refractivity contribution in [3.8, 4) is 0 Å². The molecule has 18 heavy (non-hydrogen) atoms. The highest BCUT2D eigenvalue weighted by molar-refractivity contribution is 7.92. The Bertz CT molecular complexity index is 643. The largest absolute Gasteiger partial charge is 0.278 e. The predicted octanol–water partition coefficient (Wildman–Crippen LogP) is 1.98. The molecule has 0 fully saturated rings. The number of aromatic nitrogens is 3. The summed E-state index contributed by atoms with van der Waals surface area (Å²) in [6.45, 7) is 0. The second-order valence-corrected chi connectivity index (χ2v) is 5.57. The van der Waals surface area contributed by atoms with Crippen LogP contribution in [0.5, 0.6) is 0 Å². The zero-order valence-corrected chi connectivity index (χ0v) is 11.0. The molecule has 94 valence electrons. The predicted molar refractivity (Wildman–Crippen MR) is 67.1 cm³/mol. The van der Waals surface area contributed by atoms with E-state index in [0.29, 0.717) is 0 Å². The molecule has 0 aliphatic rings. The molecule has 0 saturated carbocycles. The van der Waals surface area contributed by atoms with Crippen LogP contribution in [0, 0.1) is 0 Å². The molecule has 2 aromatic heterocycles. The standard InChI is InChI=1S/C9H6Cl2N4O2S/c10-8-2-1-6(3-12-8)15-18(16,17)7-4-13-9(11)14-5-7/h1-5,15H. The summed E-state index contributed by atoms with van der Waals surface area (Å²) in [5.41, 5.74) is 0.286. The number of rotatable bonds is 3. The van der Waals surface area contributed by atoms with E-state index in [1.807, 2.05) is 0 Å². The van der Waals surface area contributed by atoms with Crippen LogP contribution >= 0.6 is 23.2 Å². The van der Waals surface area contributed by atoms with Crippen molar-refractivity contribution in [2.75, 3.05) is 4.72 Å². The van der Waals surface area contributed by atoms with E-state index in [1.165, 1.54) is 18.3 Å². The molecule has 2 heterocycles. The highest BCUT2D eigenvalue weighted by Gasteiger charge is 2.15. The van der Waals surface area contributed by atoms with Crippen molar-refractivity contribution in [2.45, 2.75) is 4.90 Å². The first-order valence-electron chi connectivity index (χ1n) is 4.59. The fraction of sp³-hybridized carbons (Fsp3) is 0. The number of nitrogens with one attached hydrogen (secondary N) is 1. The number of hydrogen-bond acceptors (Lipinski definition) is 5. The Morgan fingerprint density at radius 2 is 1.67 bits per heavy atom. The van der Waals surface area contributed by atoms with Crippen LogP contribution in [-0.4, -0.2) is 23.4 Å². The van der Waals surface area contributed by atoms with Crippen LogP contribution in [0.3, 0.4) is 0 Å². The maximum absolute atomic E-state index is 11.9. The number of hydrogen-bond donors (Lipinski definition) is 1. The van der Waals surface area contributed by atoms with Gasteiger partial charge in [-0.3, -0.25) is 4.72 Å². The third-order valence-electron chi connectivity index (χ3n) is 1.89. The average Bonchev–Trinajstić information content (AvgIpc) is 2.32. The molecule has 2 aromatic rings. The van der Waals surface area contributed by atoms with Crippen LogP contribution in [0.4, 0.5) is 5.69 Å². The van der Waals surface area contributed by atoms with Crippen LogP contribution in [0.25, 0.3) is 0 Å². The van der Waals surface area contributed by atoms with E-state index in [0.717, 1.165) is 12.4 Å². The molecule has 0 radical (unpaired) electrons. The highest BCUT2D eigenvalue weighted by Crippen LogP contribution is 2.15. The summed E-state index contributed by atoms with van der Waals surface area (Å²) in [6.07, 6.45) is 3.53. The summed E-state index contributed by atoms with van der Waals surface area (Å²) in [6, 6.07) is 2.96. The smallest absolute Gasteiger partial charge is 0.265 e. The van der Waals surface area contributed by atoms with E-state index in [9.17, 15) is 8.42 Å². The van der Waals surface area contributed by atoms with Gasteiger partial charge in [0.15, 0.2) is 0 Å². The van der Waals surface area contributed by atoms with E-state index in [1.54, 1.807) is 0 Å². The quantitative estimate of drug-likeness (QED) is 0.692. The average molecular weight is 305 g/mol. The van der Waals surface area contributed by atoms with Gasteiger partial charge in [-0.1, -0.05) is 11.6 Å². The van der Waals surface area contributed by atoms with Gasteiger partial charge in [-0.2, -0.15) is 0 Å². The zero-order valence-electron chi connectivity index (χ0n) is 8.71. The Balaban J connectivity index is 2.27. The lowest BCUT2D eigenvalue weighted by atomic mass is 10.4. The highest BCUT2D eigenvalue weighted by atomic mass is 35.5. The third-order valence-corrected chi connectivity index (χ3v) is 3.64. The first kappa shape index (κ1) is 13.0. The summed E-state index contributed by atoms with van der Waals surface area (Å²) in [5, 5.41) is 0.245. The molecule has 0 aliphatic carbocycles. The van der Waals surface area contributed by atoms with Crippen molar-refractivity contribution in [3.63, 3.8) is 0 Å². The van der Waals surface area contributed by atoms with Gasteiger partial charge in [0.25, 0.3) is 10.0 Å². The normalized spacial score (nSPS) is 11.2. The van der Waals surface area contributed by atoms with Gasteiger partial charge in [-0.25, -0.2) is 23.4 Å². The zero-order chi connectivity index (χ0) is 13.2. The van der Waals surface area contributed by atoms with Gasteiger partial charge in [0.05, 0.1) is 24.3 Å². The van der Waals surface area contributed by atoms with Gasteiger partial charge in [0.2, 0.25) is 5.28 Å². The summed E-state index contributed by atoms with van der Waals surface area (Å²) < 4.78 is 26.1. The summed E-state index contributed by atoms with van der Waals surface area (Å²) >= 11 is 11.1. The van der Waals surface area contributed by atoms with Crippen LogP contribution < -0.4 is 4.72 Å². The van der Waals surface area contributed by atoms with Crippen molar-refractivity contribution in [1.29, 1.82) is 0 Å². The fourth-order valence-electron chi connectivity index (χ4n) is 1.09. The van der Waals surface area contributed by atoms with Gasteiger partial charge in [0, 0.05) is 0 Å². The van der Waals surface area contributed by atoms with Crippen LogP contribution in [-0.2, 0) is 10.0 Å². The molecule has 6 nitrogen and oxygen atoms in total. The molecule has 1 N–H and O–H groups in total. The maximum Gasteiger partial charge on any atom is 0.265 e. The Labute approximate surface area is 113 Å². The Morgan fingerprint density at radius 1 is 1.00 bits per heavy atom. The molecule has 0 spiro atoms. The minimum atomic E-state index is -3.76. The van der Waals surface area contributed by atoms with Gasteiger partial charge >= 0.3 is 0 Å². The second-order valence-electron chi connectivity index (χ2n) is 3.16. The fourth-order valence-corrected chi connectivity index (χ4v) is 2.23. The van der Waals surface area contributed by atoms with Crippen LogP contribution in [0.1, 0.15) is 0 Å². The number of halogens is 2. The first-order chi connectivity index (χ1) is 8.47. The van der Waals surface area contributed by atoms with Gasteiger partial charge in [0.1, 0.15) is 10.0 Å². The minimum Gasteiger partial charge on any atom is -0.278 e. The molecule has 2 rings (SSSR count). The van der Waals surface area contributed by atoms with Gasteiger partial charge < -0.3 is 0 Å². The summed E-state index contributed by atoms with van der Waals surface area (Å²) in [7, 11) is -3.76. The molecule has 0 aromatic carbocycles. The number of nitrogens with zero attached hydrogens (tertiary/aromatic N) is 3. The van der Waals surface area contributed by atoms with E-state index in [2.05, 4.69) is 19.7 Å². The molecule has 0 atom stereocenters. The lowest BCUT2D eigenvalue weighted by molar-refractivity contribution is 0.600. The second kappa shape index (κ2) is 5.05.